The van der Waals surface area contributed by atoms with E-state index in [0.29, 0.717) is 0 Å². The first kappa shape index (κ1) is 12.8. The Balaban J connectivity index is 2.26. The van der Waals surface area contributed by atoms with E-state index in [4.69, 9.17) is 23.2 Å². The molecule has 0 amide bonds. The molecule has 0 aliphatic rings. The van der Waals surface area contributed by atoms with Crippen molar-refractivity contribution >= 4 is 45.0 Å². The lowest BCUT2D eigenvalue weighted by atomic mass is 10.1. The van der Waals surface area contributed by atoms with Gasteiger partial charge in [0.25, 0.3) is 0 Å². The van der Waals surface area contributed by atoms with Gasteiger partial charge in [0.15, 0.2) is 0 Å². The lowest BCUT2D eigenvalue weighted by molar-refractivity contribution is 1.18. The molecule has 0 radical (unpaired) electrons. The minimum Gasteiger partial charge on any atom is -0.309 e. The van der Waals surface area contributed by atoms with Gasteiger partial charge >= 0.3 is 0 Å². The molecule has 102 valence electrons. The van der Waals surface area contributed by atoms with E-state index >= 15 is 0 Å². The number of halogens is 2. The van der Waals surface area contributed by atoms with Gasteiger partial charge < -0.3 is 4.57 Å². The Morgan fingerprint density at radius 1 is 0.714 bits per heavy atom. The average Bonchev–Trinajstić information content (AvgIpc) is 2.82. The summed E-state index contributed by atoms with van der Waals surface area (Å²) in [5.41, 5.74) is 3.25. The van der Waals surface area contributed by atoms with Crippen molar-refractivity contribution in [1.29, 1.82) is 0 Å². The summed E-state index contributed by atoms with van der Waals surface area (Å²) in [5.74, 6) is 0. The van der Waals surface area contributed by atoms with Crippen molar-refractivity contribution in [3.63, 3.8) is 0 Å². The fourth-order valence-corrected chi connectivity index (χ4v) is 3.29. The second kappa shape index (κ2) is 4.80. The van der Waals surface area contributed by atoms with Gasteiger partial charge in [0, 0.05) is 21.5 Å². The third kappa shape index (κ3) is 1.93. The monoisotopic (exact) mass is 311 g/mol. The van der Waals surface area contributed by atoms with Gasteiger partial charge in [-0.2, -0.15) is 0 Å². The highest BCUT2D eigenvalue weighted by atomic mass is 35.5. The van der Waals surface area contributed by atoms with Crippen LogP contribution in [0.1, 0.15) is 0 Å². The van der Waals surface area contributed by atoms with E-state index in [1.807, 2.05) is 48.5 Å². The van der Waals surface area contributed by atoms with E-state index in [0.717, 1.165) is 37.5 Å². The second-order valence-corrected chi connectivity index (χ2v) is 5.81. The predicted octanol–water partition coefficient (Wildman–Crippen LogP) is 6.09. The molecule has 0 fully saturated rings. The number of benzene rings is 3. The summed E-state index contributed by atoms with van der Waals surface area (Å²) in [6.07, 6.45) is 0. The van der Waals surface area contributed by atoms with Crippen LogP contribution in [0.4, 0.5) is 0 Å². The van der Waals surface area contributed by atoms with Crippen molar-refractivity contribution < 1.29 is 0 Å². The largest absolute Gasteiger partial charge is 0.309 e. The molecule has 0 atom stereocenters. The molecular formula is C18H11Cl2N. The molecule has 0 unspecified atom stereocenters. The SMILES string of the molecule is Clc1ccc2c3c(Cl)cccc3n(-c3ccccc3)c2c1. The molecule has 0 saturated heterocycles. The number of aromatic nitrogens is 1. The molecule has 3 heteroatoms. The van der Waals surface area contributed by atoms with E-state index in [1.165, 1.54) is 0 Å². The van der Waals surface area contributed by atoms with Crippen molar-refractivity contribution in [3.05, 3.63) is 76.8 Å². The number of para-hydroxylation sites is 1. The fraction of sp³-hybridized carbons (Fsp3) is 0. The van der Waals surface area contributed by atoms with Gasteiger partial charge in [-0.05, 0) is 36.4 Å². The molecule has 3 aromatic carbocycles. The first-order valence-electron chi connectivity index (χ1n) is 6.69. The molecule has 0 saturated carbocycles. The summed E-state index contributed by atoms with van der Waals surface area (Å²) < 4.78 is 2.20. The standard InChI is InChI=1S/C18H11Cl2N/c19-12-9-10-14-17(11-12)21(13-5-2-1-3-6-13)16-8-4-7-15(20)18(14)16/h1-11H. The number of hydrogen-bond donors (Lipinski definition) is 0. The minimum atomic E-state index is 0.721. The van der Waals surface area contributed by atoms with Crippen molar-refractivity contribution in [2.75, 3.05) is 0 Å². The van der Waals surface area contributed by atoms with Gasteiger partial charge in [0.1, 0.15) is 0 Å². The van der Waals surface area contributed by atoms with Crippen molar-refractivity contribution in [1.82, 2.24) is 4.57 Å². The normalized spacial score (nSPS) is 11.3. The van der Waals surface area contributed by atoms with Crippen LogP contribution in [0.2, 0.25) is 10.0 Å². The Morgan fingerprint density at radius 2 is 1.52 bits per heavy atom. The zero-order chi connectivity index (χ0) is 14.4. The Hall–Kier alpha value is -1.96. The number of rotatable bonds is 1. The van der Waals surface area contributed by atoms with E-state index < -0.39 is 0 Å². The van der Waals surface area contributed by atoms with Gasteiger partial charge in [-0.25, -0.2) is 0 Å². The van der Waals surface area contributed by atoms with Crippen LogP contribution in [-0.4, -0.2) is 4.57 Å². The maximum absolute atomic E-state index is 6.43. The fourth-order valence-electron chi connectivity index (χ4n) is 2.85. The second-order valence-electron chi connectivity index (χ2n) is 4.97. The predicted molar refractivity (Wildman–Crippen MR) is 90.8 cm³/mol. The minimum absolute atomic E-state index is 0.721. The van der Waals surface area contributed by atoms with E-state index in [9.17, 15) is 0 Å². The number of fused-ring (bicyclic) bond motifs is 3. The molecule has 0 bridgehead atoms. The molecule has 1 aromatic heterocycles. The molecule has 4 aromatic rings. The molecule has 0 aliphatic heterocycles. The van der Waals surface area contributed by atoms with Crippen LogP contribution in [0.5, 0.6) is 0 Å². The van der Waals surface area contributed by atoms with Crippen LogP contribution in [-0.2, 0) is 0 Å². The third-order valence-corrected chi connectivity index (χ3v) is 4.27. The molecule has 0 aliphatic carbocycles. The van der Waals surface area contributed by atoms with Crippen LogP contribution >= 0.6 is 23.2 Å². The van der Waals surface area contributed by atoms with Gasteiger partial charge in [-0.1, -0.05) is 53.5 Å². The summed E-state index contributed by atoms with van der Waals surface area (Å²) in [6.45, 7) is 0. The van der Waals surface area contributed by atoms with Crippen LogP contribution in [0.15, 0.2) is 66.7 Å². The number of hydrogen-bond acceptors (Lipinski definition) is 0. The highest BCUT2D eigenvalue weighted by Gasteiger charge is 2.14. The highest BCUT2D eigenvalue weighted by Crippen LogP contribution is 2.37. The zero-order valence-electron chi connectivity index (χ0n) is 11.1. The van der Waals surface area contributed by atoms with Crippen molar-refractivity contribution in [2.45, 2.75) is 0 Å². The topological polar surface area (TPSA) is 4.93 Å². The molecule has 0 spiro atoms. The molecule has 1 nitrogen and oxygen atoms in total. The Morgan fingerprint density at radius 3 is 2.33 bits per heavy atom. The van der Waals surface area contributed by atoms with Crippen LogP contribution in [0.3, 0.4) is 0 Å². The first-order chi connectivity index (χ1) is 10.3. The summed E-state index contributed by atoms with van der Waals surface area (Å²) in [6, 6.07) is 22.1. The maximum Gasteiger partial charge on any atom is 0.0556 e. The Kier molecular flexibility index (Phi) is 2.91. The summed E-state index contributed by atoms with van der Waals surface area (Å²) in [4.78, 5) is 0. The lowest BCUT2D eigenvalue weighted by Crippen LogP contribution is -1.92. The third-order valence-electron chi connectivity index (χ3n) is 3.72. The molecule has 21 heavy (non-hydrogen) atoms. The van der Waals surface area contributed by atoms with Gasteiger partial charge in [-0.3, -0.25) is 0 Å². The lowest BCUT2D eigenvalue weighted by Gasteiger charge is -2.07. The van der Waals surface area contributed by atoms with Gasteiger partial charge in [-0.15, -0.1) is 0 Å². The highest BCUT2D eigenvalue weighted by molar-refractivity contribution is 6.38. The van der Waals surface area contributed by atoms with E-state index in [1.54, 1.807) is 0 Å². The number of nitrogens with zero attached hydrogens (tertiary/aromatic N) is 1. The molecule has 0 N–H and O–H groups in total. The maximum atomic E-state index is 6.43. The van der Waals surface area contributed by atoms with Gasteiger partial charge in [0.2, 0.25) is 0 Å². The van der Waals surface area contributed by atoms with E-state index in [2.05, 4.69) is 22.8 Å². The summed E-state index contributed by atoms with van der Waals surface area (Å²) >= 11 is 12.6. The quantitative estimate of drug-likeness (QED) is 0.401. The van der Waals surface area contributed by atoms with Gasteiger partial charge in [0.05, 0.1) is 16.1 Å². The molecule has 4 rings (SSSR count). The smallest absolute Gasteiger partial charge is 0.0556 e. The van der Waals surface area contributed by atoms with Crippen LogP contribution in [0, 0.1) is 0 Å². The van der Waals surface area contributed by atoms with Crippen LogP contribution in [0.25, 0.3) is 27.5 Å². The molecule has 1 heterocycles. The first-order valence-corrected chi connectivity index (χ1v) is 7.45. The molecular weight excluding hydrogens is 301 g/mol. The van der Waals surface area contributed by atoms with E-state index in [-0.39, 0.29) is 0 Å². The van der Waals surface area contributed by atoms with Crippen LogP contribution < -0.4 is 0 Å². The average molecular weight is 312 g/mol. The zero-order valence-corrected chi connectivity index (χ0v) is 12.6. The summed E-state index contributed by atoms with van der Waals surface area (Å²) in [7, 11) is 0. The Bertz CT molecular complexity index is 955. The van der Waals surface area contributed by atoms with Crippen molar-refractivity contribution in [3.8, 4) is 5.69 Å². The van der Waals surface area contributed by atoms with Crippen molar-refractivity contribution in [2.24, 2.45) is 0 Å². The Labute approximate surface area is 132 Å². The summed E-state index contributed by atoms with van der Waals surface area (Å²) in [5, 5.41) is 3.66.